The van der Waals surface area contributed by atoms with Crippen LogP contribution in [0.15, 0.2) is 22.1 Å². The number of hydrogen-bond donors (Lipinski definition) is 0. The van der Waals surface area contributed by atoms with Crippen LogP contribution in [0.4, 0.5) is 11.4 Å². The zero-order chi connectivity index (χ0) is 72.6. The summed E-state index contributed by atoms with van der Waals surface area (Å²) in [5, 5.41) is 0. The number of rotatable bonds is 55. The molecule has 0 unspecified atom stereocenters. The second-order valence-corrected chi connectivity index (χ2v) is 28.6. The molecule has 0 aliphatic heterocycles. The molecule has 3 heteroatoms. The Hall–Kier alpha value is -5.25. The molecule has 0 saturated heterocycles. The number of hydrogen-bond acceptors (Lipinski definition) is 2. The van der Waals surface area contributed by atoms with Crippen molar-refractivity contribution in [3.8, 4) is 94.7 Å². The minimum absolute atomic E-state index is 0. The van der Waals surface area contributed by atoms with Gasteiger partial charge in [-0.25, -0.2) is 0 Å². The molecule has 0 N–H and O–H groups in total. The summed E-state index contributed by atoms with van der Waals surface area (Å²) in [6.07, 6.45) is 67.8. The van der Waals surface area contributed by atoms with Crippen LogP contribution in [0.25, 0.3) is 0 Å². The van der Waals surface area contributed by atoms with Crippen LogP contribution in [0.2, 0.25) is 0 Å². The first kappa shape index (κ1) is 94.8. The molecule has 0 atom stereocenters. The molecular formula is C99H150N2Ni+2. The third kappa shape index (κ3) is 50.2. The van der Waals surface area contributed by atoms with E-state index in [2.05, 4.69) is 175 Å². The summed E-state index contributed by atoms with van der Waals surface area (Å²) in [4.78, 5) is 11.8. The van der Waals surface area contributed by atoms with Crippen molar-refractivity contribution in [3.05, 3.63) is 56.6 Å². The molecule has 0 heterocycles. The maximum absolute atomic E-state index is 6.00. The first-order valence-electron chi connectivity index (χ1n) is 43.1. The molecule has 0 bridgehead atoms. The van der Waals surface area contributed by atoms with Crippen molar-refractivity contribution in [1.82, 2.24) is 0 Å². The van der Waals surface area contributed by atoms with Gasteiger partial charge in [0, 0.05) is 109 Å². The normalized spacial score (nSPS) is 10.7. The minimum Gasteiger partial charge on any atom is -0.255 e. The average Bonchev–Trinajstić information content (AvgIpc) is 0.798. The van der Waals surface area contributed by atoms with Crippen molar-refractivity contribution in [2.24, 2.45) is 9.98 Å². The molecule has 0 aliphatic carbocycles. The molecule has 0 saturated carbocycles. The van der Waals surface area contributed by atoms with E-state index in [1.165, 1.54) is 250 Å². The molecule has 2 aromatic carbocycles. The molecule has 564 valence electrons. The summed E-state index contributed by atoms with van der Waals surface area (Å²) in [5.41, 5.74) is 14.5. The summed E-state index contributed by atoms with van der Waals surface area (Å²) < 4.78 is 0. The number of aryl methyl sites for hydroxylation is 2. The van der Waals surface area contributed by atoms with Gasteiger partial charge < -0.3 is 0 Å². The first-order chi connectivity index (χ1) is 50.0. The van der Waals surface area contributed by atoms with E-state index < -0.39 is 0 Å². The van der Waals surface area contributed by atoms with Crippen LogP contribution in [0, 0.1) is 94.7 Å². The SMILES string of the molecule is CCCCCCC#CCCc1cc(/N=C/C(CCCCC)=N/c2cc(CCC#CCCCCCC)c(CCC#CCCCCCC)c(CCC#CCCCCCC)c2CCC#CCCCCCC)c(CCC#CCCCCCC)c(CCC#CCCCCCC)c1CCC#CCCCCCC.[Ni+2]. The minimum atomic E-state index is 0. The number of unbranched alkanes of at least 4 members (excludes halogenated alkanes) is 34. The second kappa shape index (κ2) is 72.7. The predicted molar refractivity (Wildman–Crippen MR) is 451 cm³/mol. The van der Waals surface area contributed by atoms with E-state index in [0.717, 1.165) is 197 Å². The van der Waals surface area contributed by atoms with Gasteiger partial charge in [0.15, 0.2) is 0 Å². The number of benzene rings is 2. The largest absolute Gasteiger partial charge is 2.00 e. The van der Waals surface area contributed by atoms with Gasteiger partial charge in [-0.3, -0.25) is 9.98 Å². The fraction of sp³-hybridized carbons (Fsp3) is 0.697. The summed E-state index contributed by atoms with van der Waals surface area (Å²) in [7, 11) is 0. The second-order valence-electron chi connectivity index (χ2n) is 28.6. The quantitative estimate of drug-likeness (QED) is 0.0273. The van der Waals surface area contributed by atoms with Crippen molar-refractivity contribution in [2.75, 3.05) is 0 Å². The van der Waals surface area contributed by atoms with Crippen molar-refractivity contribution in [2.45, 2.75) is 448 Å². The van der Waals surface area contributed by atoms with Crippen LogP contribution < -0.4 is 0 Å². The topological polar surface area (TPSA) is 24.7 Å². The molecule has 2 rings (SSSR count). The van der Waals surface area contributed by atoms with E-state index in [4.69, 9.17) is 9.98 Å². The van der Waals surface area contributed by atoms with Crippen molar-refractivity contribution < 1.29 is 16.5 Å². The third-order valence-corrected chi connectivity index (χ3v) is 19.4. The van der Waals surface area contributed by atoms with Gasteiger partial charge in [-0.05, 0) is 172 Å². The van der Waals surface area contributed by atoms with Crippen molar-refractivity contribution in [3.63, 3.8) is 0 Å². The van der Waals surface area contributed by atoms with Gasteiger partial charge in [-0.2, -0.15) is 0 Å². The van der Waals surface area contributed by atoms with Gasteiger partial charge in [0.25, 0.3) is 0 Å². The van der Waals surface area contributed by atoms with E-state index in [-0.39, 0.29) is 16.5 Å². The number of nitrogens with zero attached hydrogens (tertiary/aromatic N) is 2. The Morgan fingerprint density at radius 2 is 0.451 bits per heavy atom. The molecular weight excluding hydrogens is 1280 g/mol. The molecule has 0 spiro atoms. The Kier molecular flexibility index (Phi) is 67.5. The van der Waals surface area contributed by atoms with Gasteiger partial charge in [-0.15, -0.1) is 94.7 Å². The Bertz CT molecular complexity index is 3030. The van der Waals surface area contributed by atoms with E-state index in [0.29, 0.717) is 0 Å². The standard InChI is InChI=1S/C99H150N2.Ni/c1-10-19-28-36-44-52-60-69-77-89-86-98(96(84-75-66-58-50-42-34-25-16-7)94(82-73-64-56-48-40-32-23-14-5)92(89)80-71-62-54-46-38-30-21-12-3)100-88-91(79-68-27-18-9)101-99-87-90(78-70-61-53-45-37-29-20-11-2)93(81-72-63-55-47-39-31-22-13-4)95(83-74-65-57-49-41-33-24-15-6)97(99)85-76-67-59-51-43-35-26-17-8;/h86-88H,10-51,68-85H2,1-9H3;/q;+2/b100-88+,101-91+;. The van der Waals surface area contributed by atoms with Crippen LogP contribution in [-0.4, -0.2) is 11.9 Å². The average molecular weight is 1430 g/mol. The van der Waals surface area contributed by atoms with Crippen LogP contribution >= 0.6 is 0 Å². The van der Waals surface area contributed by atoms with Gasteiger partial charge in [-0.1, -0.05) is 229 Å². The third-order valence-electron chi connectivity index (χ3n) is 19.4. The first-order valence-corrected chi connectivity index (χ1v) is 43.1. The smallest absolute Gasteiger partial charge is 0.255 e. The predicted octanol–water partition coefficient (Wildman–Crippen LogP) is 29.0. The molecule has 0 fully saturated rings. The van der Waals surface area contributed by atoms with Crippen LogP contribution in [0.5, 0.6) is 0 Å². The summed E-state index contributed by atoms with van der Waals surface area (Å²) in [6.45, 7) is 20.7. The number of aliphatic imine (C=N–C) groups is 2. The fourth-order valence-electron chi connectivity index (χ4n) is 13.2. The van der Waals surface area contributed by atoms with Gasteiger partial charge in [0.2, 0.25) is 0 Å². The molecule has 2 nitrogen and oxygen atoms in total. The van der Waals surface area contributed by atoms with Gasteiger partial charge >= 0.3 is 16.5 Å². The van der Waals surface area contributed by atoms with E-state index in [9.17, 15) is 0 Å². The zero-order valence-electron chi connectivity index (χ0n) is 67.9. The van der Waals surface area contributed by atoms with E-state index in [1.54, 1.807) is 0 Å². The molecule has 0 aliphatic rings. The summed E-state index contributed by atoms with van der Waals surface area (Å²) >= 11 is 0. The molecule has 0 radical (unpaired) electrons. The summed E-state index contributed by atoms with van der Waals surface area (Å²) in [5.74, 6) is 58.5. The molecule has 0 aromatic heterocycles. The zero-order valence-corrected chi connectivity index (χ0v) is 68.9. The van der Waals surface area contributed by atoms with Crippen LogP contribution in [-0.2, 0) is 67.9 Å². The van der Waals surface area contributed by atoms with Gasteiger partial charge in [0.1, 0.15) is 0 Å². The Labute approximate surface area is 644 Å². The Morgan fingerprint density at radius 1 is 0.235 bits per heavy atom. The van der Waals surface area contributed by atoms with Crippen LogP contribution in [0.1, 0.15) is 441 Å². The Morgan fingerprint density at radius 3 is 0.725 bits per heavy atom. The van der Waals surface area contributed by atoms with E-state index in [1.807, 2.05) is 0 Å². The van der Waals surface area contributed by atoms with Crippen LogP contribution in [0.3, 0.4) is 0 Å². The van der Waals surface area contributed by atoms with E-state index >= 15 is 0 Å². The summed E-state index contributed by atoms with van der Waals surface area (Å²) in [6, 6.07) is 4.98. The Balaban J connectivity index is 0.0000520. The molecule has 0 amide bonds. The maximum Gasteiger partial charge on any atom is 2.00 e. The van der Waals surface area contributed by atoms with Gasteiger partial charge in [0.05, 0.1) is 17.1 Å². The monoisotopic (exact) mass is 1430 g/mol. The van der Waals surface area contributed by atoms with Crippen molar-refractivity contribution in [1.29, 1.82) is 0 Å². The van der Waals surface area contributed by atoms with Crippen molar-refractivity contribution >= 4 is 23.3 Å². The molecule has 2 aromatic rings. The maximum atomic E-state index is 6.00. The fourth-order valence-corrected chi connectivity index (χ4v) is 13.2. The molecule has 102 heavy (non-hydrogen) atoms.